The SMILES string of the molecule is CN(CCN1CCCC1)c1cc(F)ncn1. The smallest absolute Gasteiger partial charge is 0.218 e. The zero-order chi connectivity index (χ0) is 11.4. The summed E-state index contributed by atoms with van der Waals surface area (Å²) in [5.41, 5.74) is 0. The van der Waals surface area contributed by atoms with Gasteiger partial charge < -0.3 is 9.80 Å². The van der Waals surface area contributed by atoms with Crippen molar-refractivity contribution in [3.05, 3.63) is 18.3 Å². The summed E-state index contributed by atoms with van der Waals surface area (Å²) in [6.45, 7) is 4.26. The summed E-state index contributed by atoms with van der Waals surface area (Å²) in [7, 11) is 1.93. The van der Waals surface area contributed by atoms with Gasteiger partial charge >= 0.3 is 0 Å². The monoisotopic (exact) mass is 224 g/mol. The molecular formula is C11H17FN4. The molecule has 0 saturated carbocycles. The van der Waals surface area contributed by atoms with E-state index in [0.29, 0.717) is 5.82 Å². The van der Waals surface area contributed by atoms with Gasteiger partial charge in [-0.2, -0.15) is 4.39 Å². The zero-order valence-corrected chi connectivity index (χ0v) is 9.56. The Morgan fingerprint density at radius 2 is 2.12 bits per heavy atom. The van der Waals surface area contributed by atoms with E-state index in [4.69, 9.17) is 0 Å². The van der Waals surface area contributed by atoms with Crippen LogP contribution < -0.4 is 4.90 Å². The molecule has 88 valence electrons. The molecule has 0 bridgehead atoms. The lowest BCUT2D eigenvalue weighted by molar-refractivity contribution is 0.346. The summed E-state index contributed by atoms with van der Waals surface area (Å²) in [5, 5.41) is 0. The van der Waals surface area contributed by atoms with Gasteiger partial charge in [-0.15, -0.1) is 0 Å². The van der Waals surface area contributed by atoms with Gasteiger partial charge in [0.05, 0.1) is 0 Å². The Labute approximate surface area is 95.1 Å². The van der Waals surface area contributed by atoms with E-state index in [2.05, 4.69) is 14.9 Å². The van der Waals surface area contributed by atoms with Gasteiger partial charge in [0.1, 0.15) is 12.1 Å². The first-order valence-corrected chi connectivity index (χ1v) is 5.67. The minimum atomic E-state index is -0.474. The lowest BCUT2D eigenvalue weighted by atomic mass is 10.4. The molecule has 0 amide bonds. The van der Waals surface area contributed by atoms with Crippen molar-refractivity contribution in [2.24, 2.45) is 0 Å². The predicted octanol–water partition coefficient (Wildman–Crippen LogP) is 1.15. The van der Waals surface area contributed by atoms with Gasteiger partial charge in [-0.25, -0.2) is 9.97 Å². The largest absolute Gasteiger partial charge is 0.358 e. The van der Waals surface area contributed by atoms with Crippen molar-refractivity contribution in [3.8, 4) is 0 Å². The van der Waals surface area contributed by atoms with Crippen LogP contribution >= 0.6 is 0 Å². The molecule has 0 unspecified atom stereocenters. The van der Waals surface area contributed by atoms with Crippen molar-refractivity contribution in [3.63, 3.8) is 0 Å². The molecule has 0 radical (unpaired) electrons. The van der Waals surface area contributed by atoms with Crippen LogP contribution in [0, 0.1) is 5.95 Å². The summed E-state index contributed by atoms with van der Waals surface area (Å²) in [6, 6.07) is 1.37. The van der Waals surface area contributed by atoms with Crippen LogP contribution in [0.4, 0.5) is 10.2 Å². The van der Waals surface area contributed by atoms with Crippen LogP contribution in [0.5, 0.6) is 0 Å². The van der Waals surface area contributed by atoms with Crippen LogP contribution in [0.1, 0.15) is 12.8 Å². The molecule has 0 spiro atoms. The number of nitrogens with zero attached hydrogens (tertiary/aromatic N) is 4. The van der Waals surface area contributed by atoms with Gasteiger partial charge in [0, 0.05) is 26.2 Å². The summed E-state index contributed by atoms with van der Waals surface area (Å²) in [4.78, 5) is 11.9. The third-order valence-electron chi connectivity index (χ3n) is 2.96. The average molecular weight is 224 g/mol. The van der Waals surface area contributed by atoms with Gasteiger partial charge in [0.15, 0.2) is 0 Å². The van der Waals surface area contributed by atoms with Gasteiger partial charge in [-0.05, 0) is 25.9 Å². The number of likely N-dealkylation sites (tertiary alicyclic amines) is 1. The number of aromatic nitrogens is 2. The highest BCUT2D eigenvalue weighted by molar-refractivity contribution is 5.35. The molecule has 0 aromatic carbocycles. The van der Waals surface area contributed by atoms with Crippen molar-refractivity contribution in [2.45, 2.75) is 12.8 Å². The quantitative estimate of drug-likeness (QED) is 0.718. The summed E-state index contributed by atoms with van der Waals surface area (Å²) < 4.78 is 12.9. The Hall–Kier alpha value is -1.23. The topological polar surface area (TPSA) is 32.3 Å². The Balaban J connectivity index is 1.85. The first-order valence-electron chi connectivity index (χ1n) is 5.67. The van der Waals surface area contributed by atoms with E-state index in [1.165, 1.54) is 38.3 Å². The summed E-state index contributed by atoms with van der Waals surface area (Å²) >= 11 is 0. The molecule has 0 atom stereocenters. The van der Waals surface area contributed by atoms with Gasteiger partial charge in [-0.3, -0.25) is 0 Å². The van der Waals surface area contributed by atoms with Crippen LogP contribution in [-0.2, 0) is 0 Å². The highest BCUT2D eigenvalue weighted by atomic mass is 19.1. The molecule has 5 heteroatoms. The minimum Gasteiger partial charge on any atom is -0.358 e. The second kappa shape index (κ2) is 5.21. The first kappa shape index (κ1) is 11.3. The average Bonchev–Trinajstić information content (AvgIpc) is 2.78. The Morgan fingerprint density at radius 3 is 2.81 bits per heavy atom. The van der Waals surface area contributed by atoms with E-state index < -0.39 is 5.95 Å². The molecule has 1 fully saturated rings. The van der Waals surface area contributed by atoms with E-state index >= 15 is 0 Å². The third-order valence-corrected chi connectivity index (χ3v) is 2.96. The molecule has 1 aliphatic rings. The minimum absolute atomic E-state index is 0.474. The van der Waals surface area contributed by atoms with Crippen molar-refractivity contribution < 1.29 is 4.39 Å². The lowest BCUT2D eigenvalue weighted by Gasteiger charge is -2.21. The molecule has 16 heavy (non-hydrogen) atoms. The molecule has 0 aliphatic carbocycles. The number of anilines is 1. The fraction of sp³-hybridized carbons (Fsp3) is 0.636. The molecule has 0 N–H and O–H groups in total. The fourth-order valence-corrected chi connectivity index (χ4v) is 1.95. The first-order chi connectivity index (χ1) is 7.75. The zero-order valence-electron chi connectivity index (χ0n) is 9.56. The van der Waals surface area contributed by atoms with E-state index in [9.17, 15) is 4.39 Å². The third kappa shape index (κ3) is 2.88. The van der Waals surface area contributed by atoms with Crippen LogP contribution in [0.15, 0.2) is 12.4 Å². The van der Waals surface area contributed by atoms with Crippen molar-refractivity contribution >= 4 is 5.82 Å². The van der Waals surface area contributed by atoms with E-state index in [1.54, 1.807) is 0 Å². The number of likely N-dealkylation sites (N-methyl/N-ethyl adjacent to an activating group) is 1. The predicted molar refractivity (Wildman–Crippen MR) is 60.9 cm³/mol. The number of rotatable bonds is 4. The molecule has 1 aromatic rings. The number of hydrogen-bond donors (Lipinski definition) is 0. The number of halogens is 1. The number of hydrogen-bond acceptors (Lipinski definition) is 4. The molecule has 4 nitrogen and oxygen atoms in total. The Bertz CT molecular complexity index is 339. The molecule has 1 aliphatic heterocycles. The van der Waals surface area contributed by atoms with Gasteiger partial charge in [-0.1, -0.05) is 0 Å². The highest BCUT2D eigenvalue weighted by Gasteiger charge is 2.12. The van der Waals surface area contributed by atoms with Gasteiger partial charge in [0.25, 0.3) is 0 Å². The van der Waals surface area contributed by atoms with Crippen molar-refractivity contribution in [1.29, 1.82) is 0 Å². The summed E-state index contributed by atoms with van der Waals surface area (Å²) in [5.74, 6) is 0.171. The van der Waals surface area contributed by atoms with Crippen LogP contribution in [-0.4, -0.2) is 48.1 Å². The van der Waals surface area contributed by atoms with Crippen LogP contribution in [0.2, 0.25) is 0 Å². The maximum Gasteiger partial charge on any atom is 0.218 e. The lowest BCUT2D eigenvalue weighted by Crippen LogP contribution is -2.31. The Kier molecular flexibility index (Phi) is 3.66. The van der Waals surface area contributed by atoms with Gasteiger partial charge in [0.2, 0.25) is 5.95 Å². The Morgan fingerprint density at radius 1 is 1.38 bits per heavy atom. The highest BCUT2D eigenvalue weighted by Crippen LogP contribution is 2.10. The second-order valence-electron chi connectivity index (χ2n) is 4.17. The maximum absolute atomic E-state index is 12.9. The van der Waals surface area contributed by atoms with E-state index in [-0.39, 0.29) is 0 Å². The normalized spacial score (nSPS) is 16.6. The van der Waals surface area contributed by atoms with Crippen LogP contribution in [0.25, 0.3) is 0 Å². The van der Waals surface area contributed by atoms with Crippen molar-refractivity contribution in [1.82, 2.24) is 14.9 Å². The molecular weight excluding hydrogens is 207 g/mol. The standard InChI is InChI=1S/C11H17FN4/c1-15(6-7-16-4-2-3-5-16)11-8-10(12)13-9-14-11/h8-9H,2-7H2,1H3. The maximum atomic E-state index is 12.9. The fourth-order valence-electron chi connectivity index (χ4n) is 1.95. The molecule has 1 saturated heterocycles. The second-order valence-corrected chi connectivity index (χ2v) is 4.17. The molecule has 2 heterocycles. The van der Waals surface area contributed by atoms with E-state index in [0.717, 1.165) is 13.1 Å². The summed E-state index contributed by atoms with van der Waals surface area (Å²) in [6.07, 6.45) is 3.86. The molecule has 1 aromatic heterocycles. The molecule has 2 rings (SSSR count). The van der Waals surface area contributed by atoms with Crippen molar-refractivity contribution in [2.75, 3.05) is 38.1 Å². The van der Waals surface area contributed by atoms with Crippen LogP contribution in [0.3, 0.4) is 0 Å². The van der Waals surface area contributed by atoms with E-state index in [1.807, 2.05) is 11.9 Å².